The number of nitrogens with one attached hydrogen (secondary N) is 1. The summed E-state index contributed by atoms with van der Waals surface area (Å²) >= 11 is 0. The Balaban J connectivity index is 1.89. The molecule has 3 heteroatoms. The van der Waals surface area contributed by atoms with E-state index in [4.69, 9.17) is 0 Å². The summed E-state index contributed by atoms with van der Waals surface area (Å²) in [6.07, 6.45) is 5.01. The molecule has 0 saturated carbocycles. The number of fused-ring (bicyclic) bond motifs is 1. The lowest BCUT2D eigenvalue weighted by atomic mass is 9.99. The van der Waals surface area contributed by atoms with Crippen molar-refractivity contribution in [2.75, 3.05) is 6.54 Å². The average molecular weight is 229 g/mol. The third-order valence-corrected chi connectivity index (χ3v) is 3.69. The molecule has 90 valence electrons. The second-order valence-electron chi connectivity index (χ2n) is 4.94. The van der Waals surface area contributed by atoms with Crippen LogP contribution in [-0.2, 0) is 13.5 Å². The van der Waals surface area contributed by atoms with Crippen molar-refractivity contribution in [3.63, 3.8) is 0 Å². The molecule has 3 nitrogen and oxygen atoms in total. The molecule has 1 atom stereocenters. The normalized spacial score (nSPS) is 20.9. The lowest BCUT2D eigenvalue weighted by Crippen LogP contribution is -2.35. The number of piperidine rings is 1. The molecule has 1 saturated heterocycles. The van der Waals surface area contributed by atoms with Crippen molar-refractivity contribution in [3.8, 4) is 0 Å². The fourth-order valence-corrected chi connectivity index (χ4v) is 2.77. The van der Waals surface area contributed by atoms with Crippen LogP contribution in [-0.4, -0.2) is 22.4 Å². The van der Waals surface area contributed by atoms with Crippen LogP contribution in [0.5, 0.6) is 0 Å². The Kier molecular flexibility index (Phi) is 2.85. The summed E-state index contributed by atoms with van der Waals surface area (Å²) in [4.78, 5) is 0. The van der Waals surface area contributed by atoms with Crippen molar-refractivity contribution in [3.05, 3.63) is 30.0 Å². The first-order valence-corrected chi connectivity index (χ1v) is 6.48. The van der Waals surface area contributed by atoms with Gasteiger partial charge in [-0.3, -0.25) is 4.68 Å². The van der Waals surface area contributed by atoms with Crippen LogP contribution in [0.4, 0.5) is 0 Å². The number of rotatable bonds is 2. The Morgan fingerprint density at radius 2 is 2.24 bits per heavy atom. The molecule has 0 bridgehead atoms. The van der Waals surface area contributed by atoms with Crippen LogP contribution in [0.2, 0.25) is 0 Å². The Bertz CT molecular complexity index is 509. The standard InChI is InChI=1S/C14H19N3/c1-17-14-8-3-2-7-12(14)13(16-17)10-11-6-4-5-9-15-11/h2-3,7-8,11,15H,4-6,9-10H2,1H3. The van der Waals surface area contributed by atoms with Crippen molar-refractivity contribution >= 4 is 10.9 Å². The molecule has 1 fully saturated rings. The SMILES string of the molecule is Cn1nc(CC2CCCCN2)c2ccccc21. The number of hydrogen-bond donors (Lipinski definition) is 1. The lowest BCUT2D eigenvalue weighted by Gasteiger charge is -2.22. The van der Waals surface area contributed by atoms with Gasteiger partial charge in [-0.1, -0.05) is 24.6 Å². The van der Waals surface area contributed by atoms with Crippen molar-refractivity contribution in [2.45, 2.75) is 31.7 Å². The predicted octanol–water partition coefficient (Wildman–Crippen LogP) is 2.26. The highest BCUT2D eigenvalue weighted by Gasteiger charge is 2.16. The molecule has 1 unspecified atom stereocenters. The molecule has 1 aromatic carbocycles. The van der Waals surface area contributed by atoms with Gasteiger partial charge in [-0.2, -0.15) is 5.10 Å². The topological polar surface area (TPSA) is 29.9 Å². The Hall–Kier alpha value is -1.35. The predicted molar refractivity (Wildman–Crippen MR) is 70.1 cm³/mol. The summed E-state index contributed by atoms with van der Waals surface area (Å²) in [5.41, 5.74) is 2.47. The molecule has 3 rings (SSSR count). The van der Waals surface area contributed by atoms with Crippen molar-refractivity contribution in [1.29, 1.82) is 0 Å². The van der Waals surface area contributed by atoms with Crippen LogP contribution in [0, 0.1) is 0 Å². The van der Waals surface area contributed by atoms with E-state index in [0.29, 0.717) is 6.04 Å². The van der Waals surface area contributed by atoms with E-state index < -0.39 is 0 Å². The number of para-hydroxylation sites is 1. The van der Waals surface area contributed by atoms with Crippen LogP contribution < -0.4 is 5.32 Å². The number of nitrogens with zero attached hydrogens (tertiary/aromatic N) is 2. The van der Waals surface area contributed by atoms with Crippen LogP contribution in [0.25, 0.3) is 10.9 Å². The minimum atomic E-state index is 0.613. The fourth-order valence-electron chi connectivity index (χ4n) is 2.77. The molecule has 1 aromatic heterocycles. The number of benzene rings is 1. The zero-order valence-corrected chi connectivity index (χ0v) is 10.3. The molecule has 1 N–H and O–H groups in total. The van der Waals surface area contributed by atoms with E-state index in [1.165, 1.54) is 35.9 Å². The molecule has 0 spiro atoms. The van der Waals surface area contributed by atoms with Gasteiger partial charge in [0.05, 0.1) is 11.2 Å². The number of hydrogen-bond acceptors (Lipinski definition) is 2. The first kappa shape index (κ1) is 10.8. The minimum Gasteiger partial charge on any atom is -0.314 e. The van der Waals surface area contributed by atoms with Gasteiger partial charge in [-0.25, -0.2) is 0 Å². The van der Waals surface area contributed by atoms with Crippen LogP contribution in [0.1, 0.15) is 25.0 Å². The van der Waals surface area contributed by atoms with E-state index >= 15 is 0 Å². The van der Waals surface area contributed by atoms with Gasteiger partial charge in [0, 0.05) is 24.9 Å². The van der Waals surface area contributed by atoms with Crippen molar-refractivity contribution in [2.24, 2.45) is 7.05 Å². The maximum Gasteiger partial charge on any atom is 0.0718 e. The highest BCUT2D eigenvalue weighted by molar-refractivity contribution is 5.81. The summed E-state index contributed by atoms with van der Waals surface area (Å²) in [6, 6.07) is 9.11. The van der Waals surface area contributed by atoms with Gasteiger partial charge in [-0.15, -0.1) is 0 Å². The van der Waals surface area contributed by atoms with E-state index in [1.54, 1.807) is 0 Å². The fraction of sp³-hybridized carbons (Fsp3) is 0.500. The summed E-state index contributed by atoms with van der Waals surface area (Å²) < 4.78 is 1.99. The zero-order chi connectivity index (χ0) is 11.7. The largest absolute Gasteiger partial charge is 0.314 e. The molecule has 1 aliphatic heterocycles. The number of aromatic nitrogens is 2. The van der Waals surface area contributed by atoms with Gasteiger partial charge in [0.1, 0.15) is 0 Å². The van der Waals surface area contributed by atoms with Crippen molar-refractivity contribution in [1.82, 2.24) is 15.1 Å². The molecule has 2 heterocycles. The minimum absolute atomic E-state index is 0.613. The lowest BCUT2D eigenvalue weighted by molar-refractivity contribution is 0.397. The second kappa shape index (κ2) is 4.49. The van der Waals surface area contributed by atoms with E-state index in [-0.39, 0.29) is 0 Å². The third-order valence-electron chi connectivity index (χ3n) is 3.69. The molecule has 0 amide bonds. The van der Waals surface area contributed by atoms with Gasteiger partial charge >= 0.3 is 0 Å². The van der Waals surface area contributed by atoms with E-state index in [0.717, 1.165) is 13.0 Å². The summed E-state index contributed by atoms with van der Waals surface area (Å²) in [7, 11) is 2.03. The quantitative estimate of drug-likeness (QED) is 0.856. The zero-order valence-electron chi connectivity index (χ0n) is 10.3. The van der Waals surface area contributed by atoms with E-state index in [9.17, 15) is 0 Å². The molecule has 1 aliphatic rings. The maximum atomic E-state index is 4.66. The van der Waals surface area contributed by atoms with Gasteiger partial charge in [0.15, 0.2) is 0 Å². The van der Waals surface area contributed by atoms with E-state index in [1.807, 2.05) is 11.7 Å². The third kappa shape index (κ3) is 2.07. The van der Waals surface area contributed by atoms with Crippen LogP contribution in [0.3, 0.4) is 0 Å². The van der Waals surface area contributed by atoms with Gasteiger partial charge < -0.3 is 5.32 Å². The van der Waals surface area contributed by atoms with Crippen LogP contribution >= 0.6 is 0 Å². The highest BCUT2D eigenvalue weighted by Crippen LogP contribution is 2.20. The highest BCUT2D eigenvalue weighted by atomic mass is 15.3. The molecule has 0 radical (unpaired) electrons. The average Bonchev–Trinajstić information content (AvgIpc) is 2.69. The Morgan fingerprint density at radius 3 is 3.06 bits per heavy atom. The Morgan fingerprint density at radius 1 is 1.35 bits per heavy atom. The van der Waals surface area contributed by atoms with Crippen LogP contribution in [0.15, 0.2) is 24.3 Å². The summed E-state index contributed by atoms with van der Waals surface area (Å²) in [5.74, 6) is 0. The number of aryl methyl sites for hydroxylation is 1. The molecule has 0 aliphatic carbocycles. The maximum absolute atomic E-state index is 4.66. The monoisotopic (exact) mass is 229 g/mol. The van der Waals surface area contributed by atoms with Gasteiger partial charge in [0.2, 0.25) is 0 Å². The van der Waals surface area contributed by atoms with E-state index in [2.05, 4.69) is 34.7 Å². The second-order valence-corrected chi connectivity index (χ2v) is 4.94. The van der Waals surface area contributed by atoms with Crippen molar-refractivity contribution < 1.29 is 0 Å². The summed E-state index contributed by atoms with van der Waals surface area (Å²) in [5, 5.41) is 9.56. The van der Waals surface area contributed by atoms with Gasteiger partial charge in [0.25, 0.3) is 0 Å². The first-order valence-electron chi connectivity index (χ1n) is 6.48. The molecular formula is C14H19N3. The molecule has 17 heavy (non-hydrogen) atoms. The summed E-state index contributed by atoms with van der Waals surface area (Å²) in [6.45, 7) is 1.16. The van der Waals surface area contributed by atoms with Gasteiger partial charge in [-0.05, 0) is 25.5 Å². The smallest absolute Gasteiger partial charge is 0.0718 e. The first-order chi connectivity index (χ1) is 8.34. The Labute approximate surface area is 102 Å². The molecular weight excluding hydrogens is 210 g/mol. The molecule has 2 aromatic rings.